The standard InChI is InChI=1S/C10H14N4/c1-11-14(2)7-9-6-8-4-3-5-12-10(8)13-9/h3-6,11H,7H2,1-2H3,(H,12,13). The molecule has 0 aromatic carbocycles. The maximum atomic E-state index is 4.24. The molecule has 0 saturated carbocycles. The van der Waals surface area contributed by atoms with Crippen molar-refractivity contribution in [3.05, 3.63) is 30.1 Å². The number of hydrogen-bond donors (Lipinski definition) is 2. The van der Waals surface area contributed by atoms with Crippen molar-refractivity contribution in [3.63, 3.8) is 0 Å². The molecule has 0 radical (unpaired) electrons. The van der Waals surface area contributed by atoms with Crippen LogP contribution in [0, 0.1) is 0 Å². The van der Waals surface area contributed by atoms with Crippen molar-refractivity contribution >= 4 is 11.0 Å². The maximum Gasteiger partial charge on any atom is 0.137 e. The number of aromatic nitrogens is 2. The number of pyridine rings is 1. The molecule has 0 saturated heterocycles. The van der Waals surface area contributed by atoms with Crippen molar-refractivity contribution in [2.45, 2.75) is 6.54 Å². The van der Waals surface area contributed by atoms with Crippen molar-refractivity contribution in [1.29, 1.82) is 0 Å². The minimum atomic E-state index is 0.840. The van der Waals surface area contributed by atoms with Crippen molar-refractivity contribution in [2.24, 2.45) is 0 Å². The zero-order chi connectivity index (χ0) is 9.97. The van der Waals surface area contributed by atoms with Gasteiger partial charge in [0.25, 0.3) is 0 Å². The largest absolute Gasteiger partial charge is 0.342 e. The molecule has 0 atom stereocenters. The van der Waals surface area contributed by atoms with Crippen LogP contribution in [0.2, 0.25) is 0 Å². The summed E-state index contributed by atoms with van der Waals surface area (Å²) in [6.07, 6.45) is 1.80. The zero-order valence-electron chi connectivity index (χ0n) is 8.41. The average molecular weight is 190 g/mol. The molecule has 0 aliphatic heterocycles. The molecular formula is C10H14N4. The lowest BCUT2D eigenvalue weighted by atomic mass is 10.3. The molecule has 2 aromatic rings. The van der Waals surface area contributed by atoms with Gasteiger partial charge in [-0.15, -0.1) is 0 Å². The van der Waals surface area contributed by atoms with Gasteiger partial charge in [-0.1, -0.05) is 0 Å². The van der Waals surface area contributed by atoms with E-state index in [1.54, 1.807) is 6.20 Å². The predicted octanol–water partition coefficient (Wildman–Crippen LogP) is 1.13. The van der Waals surface area contributed by atoms with Crippen LogP contribution in [0.1, 0.15) is 5.69 Å². The van der Waals surface area contributed by atoms with E-state index in [0.29, 0.717) is 0 Å². The van der Waals surface area contributed by atoms with Gasteiger partial charge in [0.1, 0.15) is 5.65 Å². The highest BCUT2D eigenvalue weighted by molar-refractivity contribution is 5.76. The highest BCUT2D eigenvalue weighted by Gasteiger charge is 2.02. The van der Waals surface area contributed by atoms with E-state index in [4.69, 9.17) is 0 Å². The van der Waals surface area contributed by atoms with Crippen molar-refractivity contribution in [2.75, 3.05) is 14.1 Å². The summed E-state index contributed by atoms with van der Waals surface area (Å²) >= 11 is 0. The number of aromatic amines is 1. The Kier molecular flexibility index (Phi) is 2.47. The van der Waals surface area contributed by atoms with Gasteiger partial charge in [-0.25, -0.2) is 9.99 Å². The summed E-state index contributed by atoms with van der Waals surface area (Å²) in [7, 11) is 3.90. The average Bonchev–Trinajstić information content (AvgIpc) is 2.59. The fourth-order valence-corrected chi connectivity index (χ4v) is 1.43. The Morgan fingerprint density at radius 1 is 1.57 bits per heavy atom. The molecule has 0 aliphatic carbocycles. The highest BCUT2D eigenvalue weighted by Crippen LogP contribution is 2.12. The van der Waals surface area contributed by atoms with Crippen molar-refractivity contribution in [1.82, 2.24) is 20.4 Å². The van der Waals surface area contributed by atoms with E-state index in [2.05, 4.69) is 27.5 Å². The van der Waals surface area contributed by atoms with Crippen LogP contribution in [0.5, 0.6) is 0 Å². The van der Waals surface area contributed by atoms with Crippen LogP contribution >= 0.6 is 0 Å². The van der Waals surface area contributed by atoms with Gasteiger partial charge in [0.05, 0.1) is 6.54 Å². The lowest BCUT2D eigenvalue weighted by Gasteiger charge is -2.12. The number of H-pyrrole nitrogens is 1. The predicted molar refractivity (Wildman–Crippen MR) is 56.6 cm³/mol. The van der Waals surface area contributed by atoms with Gasteiger partial charge < -0.3 is 4.98 Å². The van der Waals surface area contributed by atoms with E-state index >= 15 is 0 Å². The zero-order valence-corrected chi connectivity index (χ0v) is 8.41. The summed E-state index contributed by atoms with van der Waals surface area (Å²) in [6, 6.07) is 6.12. The molecule has 0 bridgehead atoms. The Morgan fingerprint density at radius 3 is 3.14 bits per heavy atom. The van der Waals surface area contributed by atoms with Gasteiger partial charge in [-0.05, 0) is 25.2 Å². The molecule has 14 heavy (non-hydrogen) atoms. The molecule has 0 aliphatic rings. The number of hydrazine groups is 1. The number of nitrogens with one attached hydrogen (secondary N) is 2. The number of fused-ring (bicyclic) bond motifs is 1. The third-order valence-corrected chi connectivity index (χ3v) is 2.24. The normalized spacial score (nSPS) is 11.4. The molecule has 4 nitrogen and oxygen atoms in total. The molecule has 74 valence electrons. The first-order chi connectivity index (χ1) is 6.79. The smallest absolute Gasteiger partial charge is 0.137 e. The van der Waals surface area contributed by atoms with Crippen LogP contribution in [0.3, 0.4) is 0 Å². The van der Waals surface area contributed by atoms with E-state index in [1.807, 2.05) is 25.2 Å². The monoisotopic (exact) mass is 190 g/mol. The van der Waals surface area contributed by atoms with E-state index in [9.17, 15) is 0 Å². The van der Waals surface area contributed by atoms with Gasteiger partial charge >= 0.3 is 0 Å². The Morgan fingerprint density at radius 2 is 2.43 bits per heavy atom. The molecule has 2 aromatic heterocycles. The SMILES string of the molecule is CNN(C)Cc1cc2cccnc2[nH]1. The molecular weight excluding hydrogens is 176 g/mol. The lowest BCUT2D eigenvalue weighted by Crippen LogP contribution is -2.30. The Hall–Kier alpha value is -1.39. The lowest BCUT2D eigenvalue weighted by molar-refractivity contribution is 0.249. The minimum absolute atomic E-state index is 0.840. The van der Waals surface area contributed by atoms with Gasteiger partial charge in [-0.2, -0.15) is 0 Å². The fourth-order valence-electron chi connectivity index (χ4n) is 1.43. The molecule has 0 unspecified atom stereocenters. The Labute approximate surface area is 82.9 Å². The van der Waals surface area contributed by atoms with Gasteiger partial charge in [-0.3, -0.25) is 5.43 Å². The molecule has 4 heteroatoms. The molecule has 0 amide bonds. The van der Waals surface area contributed by atoms with Crippen LogP contribution in [0.15, 0.2) is 24.4 Å². The molecule has 0 spiro atoms. The third kappa shape index (κ3) is 1.76. The first-order valence-electron chi connectivity index (χ1n) is 4.61. The molecule has 0 fully saturated rings. The van der Waals surface area contributed by atoms with Crippen LogP contribution in [-0.4, -0.2) is 29.1 Å². The summed E-state index contributed by atoms with van der Waals surface area (Å²) in [5.41, 5.74) is 5.16. The third-order valence-electron chi connectivity index (χ3n) is 2.24. The second-order valence-electron chi connectivity index (χ2n) is 3.32. The molecule has 2 rings (SSSR count). The first-order valence-corrected chi connectivity index (χ1v) is 4.61. The van der Waals surface area contributed by atoms with Crippen LogP contribution in [0.4, 0.5) is 0 Å². The second kappa shape index (κ2) is 3.77. The Balaban J connectivity index is 2.27. The number of nitrogens with zero attached hydrogens (tertiary/aromatic N) is 2. The van der Waals surface area contributed by atoms with E-state index < -0.39 is 0 Å². The van der Waals surface area contributed by atoms with Gasteiger partial charge in [0.2, 0.25) is 0 Å². The van der Waals surface area contributed by atoms with Gasteiger partial charge in [0, 0.05) is 24.3 Å². The summed E-state index contributed by atoms with van der Waals surface area (Å²) < 4.78 is 0. The van der Waals surface area contributed by atoms with Gasteiger partial charge in [0.15, 0.2) is 0 Å². The van der Waals surface area contributed by atoms with E-state index in [0.717, 1.165) is 23.3 Å². The summed E-state index contributed by atoms with van der Waals surface area (Å²) in [6.45, 7) is 0.840. The van der Waals surface area contributed by atoms with Crippen molar-refractivity contribution in [3.8, 4) is 0 Å². The van der Waals surface area contributed by atoms with Crippen molar-refractivity contribution < 1.29 is 0 Å². The summed E-state index contributed by atoms with van der Waals surface area (Å²) in [5.74, 6) is 0. The quantitative estimate of drug-likeness (QED) is 0.713. The second-order valence-corrected chi connectivity index (χ2v) is 3.32. The molecule has 2 N–H and O–H groups in total. The van der Waals surface area contributed by atoms with E-state index in [1.165, 1.54) is 0 Å². The topological polar surface area (TPSA) is 44.0 Å². The highest BCUT2D eigenvalue weighted by atomic mass is 15.5. The Bertz CT molecular complexity index is 388. The minimum Gasteiger partial charge on any atom is -0.342 e. The maximum absolute atomic E-state index is 4.24. The molecule has 2 heterocycles. The van der Waals surface area contributed by atoms with Crippen LogP contribution in [0.25, 0.3) is 11.0 Å². The summed E-state index contributed by atoms with van der Waals surface area (Å²) in [4.78, 5) is 7.51. The van der Waals surface area contributed by atoms with Crippen LogP contribution < -0.4 is 5.43 Å². The number of hydrogen-bond acceptors (Lipinski definition) is 3. The first kappa shape index (κ1) is 9.18. The van der Waals surface area contributed by atoms with Crippen LogP contribution in [-0.2, 0) is 6.54 Å². The summed E-state index contributed by atoms with van der Waals surface area (Å²) in [5, 5.41) is 3.16. The fraction of sp³-hybridized carbons (Fsp3) is 0.300. The van der Waals surface area contributed by atoms with E-state index in [-0.39, 0.29) is 0 Å². The number of rotatable bonds is 3.